The van der Waals surface area contributed by atoms with Crippen molar-refractivity contribution in [3.05, 3.63) is 28.8 Å². The third kappa shape index (κ3) is 2.15. The highest BCUT2D eigenvalue weighted by molar-refractivity contribution is 5.45. The fourth-order valence-corrected chi connectivity index (χ4v) is 3.34. The molecule has 2 heterocycles. The molecule has 0 radical (unpaired) electrons. The first kappa shape index (κ1) is 12.9. The van der Waals surface area contributed by atoms with Crippen LogP contribution in [0.4, 0.5) is 0 Å². The Hall–Kier alpha value is -1.06. The molecule has 1 aromatic rings. The maximum atomic E-state index is 6.41. The van der Waals surface area contributed by atoms with Gasteiger partial charge in [0.2, 0.25) is 0 Å². The highest BCUT2D eigenvalue weighted by Crippen LogP contribution is 2.45. The van der Waals surface area contributed by atoms with Crippen molar-refractivity contribution in [3.63, 3.8) is 0 Å². The summed E-state index contributed by atoms with van der Waals surface area (Å²) >= 11 is 0. The van der Waals surface area contributed by atoms with E-state index in [1.165, 1.54) is 16.7 Å². The van der Waals surface area contributed by atoms with Crippen LogP contribution in [0.2, 0.25) is 0 Å². The monoisotopic (exact) mass is 260 g/mol. The highest BCUT2D eigenvalue weighted by atomic mass is 16.5. The predicted molar refractivity (Wildman–Crippen MR) is 77.8 cm³/mol. The minimum Gasteiger partial charge on any atom is -0.485 e. The first-order valence-electron chi connectivity index (χ1n) is 7.18. The van der Waals surface area contributed by atoms with Crippen molar-refractivity contribution in [1.29, 1.82) is 0 Å². The molecular formula is C16H24N2O. The van der Waals surface area contributed by atoms with E-state index in [4.69, 9.17) is 4.74 Å². The smallest absolute Gasteiger partial charge is 0.125 e. The quantitative estimate of drug-likeness (QED) is 0.839. The lowest BCUT2D eigenvalue weighted by Crippen LogP contribution is -2.45. The van der Waals surface area contributed by atoms with Gasteiger partial charge in [-0.1, -0.05) is 6.07 Å². The lowest BCUT2D eigenvalue weighted by Gasteiger charge is -2.42. The molecule has 2 aliphatic heterocycles. The summed E-state index contributed by atoms with van der Waals surface area (Å²) in [7, 11) is 4.34. The molecule has 3 rings (SSSR count). The number of benzene rings is 1. The minimum atomic E-state index is 0.00361. The van der Waals surface area contributed by atoms with Gasteiger partial charge in [0.1, 0.15) is 11.4 Å². The highest BCUT2D eigenvalue weighted by Gasteiger charge is 2.43. The second-order valence-electron chi connectivity index (χ2n) is 6.37. The fourth-order valence-electron chi connectivity index (χ4n) is 3.34. The van der Waals surface area contributed by atoms with Crippen molar-refractivity contribution in [2.24, 2.45) is 0 Å². The van der Waals surface area contributed by atoms with Crippen LogP contribution in [0.15, 0.2) is 12.1 Å². The van der Waals surface area contributed by atoms with E-state index in [2.05, 4.69) is 50.3 Å². The molecule has 0 amide bonds. The number of nitrogens with one attached hydrogen (secondary N) is 1. The van der Waals surface area contributed by atoms with E-state index in [-0.39, 0.29) is 5.60 Å². The molecule has 3 heteroatoms. The van der Waals surface area contributed by atoms with Crippen molar-refractivity contribution < 1.29 is 4.74 Å². The van der Waals surface area contributed by atoms with Gasteiger partial charge in [0.05, 0.1) is 0 Å². The molecule has 19 heavy (non-hydrogen) atoms. The second-order valence-corrected chi connectivity index (χ2v) is 6.37. The van der Waals surface area contributed by atoms with Gasteiger partial charge in [-0.15, -0.1) is 0 Å². The predicted octanol–water partition coefficient (Wildman–Crippen LogP) is 2.42. The molecule has 2 atom stereocenters. The molecule has 104 valence electrons. The Bertz CT molecular complexity index is 490. The molecule has 2 aliphatic rings. The summed E-state index contributed by atoms with van der Waals surface area (Å²) in [5.41, 5.74) is 4.03. The summed E-state index contributed by atoms with van der Waals surface area (Å²) in [5, 5.41) is 3.46. The number of aryl methyl sites for hydroxylation is 2. The van der Waals surface area contributed by atoms with Crippen LogP contribution in [0.25, 0.3) is 0 Å². The maximum absolute atomic E-state index is 6.41. The molecule has 1 fully saturated rings. The zero-order valence-electron chi connectivity index (χ0n) is 12.4. The van der Waals surface area contributed by atoms with Crippen molar-refractivity contribution in [1.82, 2.24) is 10.2 Å². The Balaban J connectivity index is 2.06. The Labute approximate surface area is 115 Å². The molecule has 1 spiro atoms. The molecule has 1 saturated heterocycles. The lowest BCUT2D eigenvalue weighted by molar-refractivity contribution is 0.0288. The molecular weight excluding hydrogens is 236 g/mol. The summed E-state index contributed by atoms with van der Waals surface area (Å²) < 4.78 is 6.41. The van der Waals surface area contributed by atoms with E-state index in [1.54, 1.807) is 0 Å². The van der Waals surface area contributed by atoms with E-state index in [1.807, 2.05) is 0 Å². The van der Waals surface area contributed by atoms with Gasteiger partial charge in [0.25, 0.3) is 0 Å². The van der Waals surface area contributed by atoms with E-state index in [9.17, 15) is 0 Å². The first-order chi connectivity index (χ1) is 9.01. The van der Waals surface area contributed by atoms with Gasteiger partial charge in [-0.3, -0.25) is 0 Å². The maximum Gasteiger partial charge on any atom is 0.125 e. The van der Waals surface area contributed by atoms with Crippen LogP contribution >= 0.6 is 0 Å². The molecule has 0 saturated carbocycles. The van der Waals surface area contributed by atoms with Crippen LogP contribution in [-0.2, 0) is 0 Å². The number of fused-ring (bicyclic) bond motifs is 1. The van der Waals surface area contributed by atoms with Crippen molar-refractivity contribution in [3.8, 4) is 5.75 Å². The van der Waals surface area contributed by atoms with Gasteiger partial charge in [-0.05, 0) is 51.7 Å². The first-order valence-corrected chi connectivity index (χ1v) is 7.18. The van der Waals surface area contributed by atoms with Gasteiger partial charge < -0.3 is 15.0 Å². The summed E-state index contributed by atoms with van der Waals surface area (Å²) in [5.74, 6) is 1.09. The van der Waals surface area contributed by atoms with Gasteiger partial charge in [0.15, 0.2) is 0 Å². The Kier molecular flexibility index (Phi) is 3.06. The van der Waals surface area contributed by atoms with Crippen LogP contribution < -0.4 is 10.1 Å². The van der Waals surface area contributed by atoms with Crippen molar-refractivity contribution in [2.45, 2.75) is 38.3 Å². The fraction of sp³-hybridized carbons (Fsp3) is 0.625. The van der Waals surface area contributed by atoms with Gasteiger partial charge in [0, 0.05) is 31.0 Å². The van der Waals surface area contributed by atoms with E-state index >= 15 is 0 Å². The number of ether oxygens (including phenoxy) is 1. The minimum absolute atomic E-state index is 0.00361. The number of nitrogens with zero attached hydrogens (tertiary/aromatic N) is 1. The molecule has 1 N–H and O–H groups in total. The van der Waals surface area contributed by atoms with Crippen LogP contribution in [0, 0.1) is 13.8 Å². The molecule has 0 bridgehead atoms. The standard InChI is InChI=1S/C16H24N2O/c1-11-7-13-14(18(3)4)9-16(5-6-17-10-16)19-15(13)8-12(11)2/h7-8,14,17H,5-6,9-10H2,1-4H3. The molecule has 0 aromatic heterocycles. The molecule has 2 unspecified atom stereocenters. The topological polar surface area (TPSA) is 24.5 Å². The van der Waals surface area contributed by atoms with Gasteiger partial charge in [-0.2, -0.15) is 0 Å². The average Bonchev–Trinajstić information content (AvgIpc) is 2.79. The number of hydrogen-bond donors (Lipinski definition) is 1. The lowest BCUT2D eigenvalue weighted by atomic mass is 9.85. The van der Waals surface area contributed by atoms with Gasteiger partial charge in [-0.25, -0.2) is 0 Å². The van der Waals surface area contributed by atoms with E-state index < -0.39 is 0 Å². The van der Waals surface area contributed by atoms with E-state index in [0.717, 1.165) is 31.7 Å². The van der Waals surface area contributed by atoms with Crippen molar-refractivity contribution in [2.75, 3.05) is 27.2 Å². The normalized spacial score (nSPS) is 29.6. The SMILES string of the molecule is Cc1cc2c(cc1C)C(N(C)C)CC1(CCNC1)O2. The zero-order valence-corrected chi connectivity index (χ0v) is 12.4. The molecule has 1 aromatic carbocycles. The van der Waals surface area contributed by atoms with Crippen molar-refractivity contribution >= 4 is 0 Å². The third-order valence-corrected chi connectivity index (χ3v) is 4.70. The summed E-state index contributed by atoms with van der Waals surface area (Å²) in [6.45, 7) is 6.39. The van der Waals surface area contributed by atoms with Crippen LogP contribution in [-0.4, -0.2) is 37.7 Å². The van der Waals surface area contributed by atoms with Crippen LogP contribution in [0.1, 0.15) is 35.6 Å². The largest absolute Gasteiger partial charge is 0.485 e. The Morgan fingerprint density at radius 2 is 2.00 bits per heavy atom. The Morgan fingerprint density at radius 3 is 2.63 bits per heavy atom. The zero-order chi connectivity index (χ0) is 13.6. The summed E-state index contributed by atoms with van der Waals surface area (Å²) in [4.78, 5) is 2.33. The Morgan fingerprint density at radius 1 is 1.26 bits per heavy atom. The molecule has 3 nitrogen and oxygen atoms in total. The third-order valence-electron chi connectivity index (χ3n) is 4.70. The number of rotatable bonds is 1. The summed E-state index contributed by atoms with van der Waals surface area (Å²) in [6.07, 6.45) is 2.20. The van der Waals surface area contributed by atoms with Gasteiger partial charge >= 0.3 is 0 Å². The van der Waals surface area contributed by atoms with Crippen LogP contribution in [0.3, 0.4) is 0 Å². The molecule has 0 aliphatic carbocycles. The summed E-state index contributed by atoms with van der Waals surface area (Å²) in [6, 6.07) is 4.99. The van der Waals surface area contributed by atoms with E-state index in [0.29, 0.717) is 6.04 Å². The number of hydrogen-bond acceptors (Lipinski definition) is 3. The van der Waals surface area contributed by atoms with Crippen LogP contribution in [0.5, 0.6) is 5.75 Å². The average molecular weight is 260 g/mol. The second kappa shape index (κ2) is 4.50.